The van der Waals surface area contributed by atoms with Crippen molar-refractivity contribution < 1.29 is 14.3 Å². The Morgan fingerprint density at radius 3 is 2.70 bits per heavy atom. The molecule has 4 rings (SSSR count). The van der Waals surface area contributed by atoms with Crippen molar-refractivity contribution in [1.82, 2.24) is 9.80 Å². The topological polar surface area (TPSA) is 61.9 Å². The molecule has 6 heteroatoms. The Morgan fingerprint density at radius 2 is 1.93 bits per heavy atom. The molecule has 0 radical (unpaired) electrons. The van der Waals surface area contributed by atoms with E-state index >= 15 is 0 Å². The van der Waals surface area contributed by atoms with Gasteiger partial charge in [-0.25, -0.2) is 0 Å². The summed E-state index contributed by atoms with van der Waals surface area (Å²) in [5.41, 5.74) is 1.15. The molecule has 1 aromatic carbocycles. The lowest BCUT2D eigenvalue weighted by Crippen LogP contribution is -2.39. The van der Waals surface area contributed by atoms with E-state index < -0.39 is 0 Å². The van der Waals surface area contributed by atoms with Gasteiger partial charge in [-0.1, -0.05) is 6.07 Å². The van der Waals surface area contributed by atoms with E-state index in [0.29, 0.717) is 17.0 Å². The number of ether oxygens (including phenoxy) is 1. The molecule has 0 unspecified atom stereocenters. The molecule has 146 valence electrons. The smallest absolute Gasteiger partial charge is 0.262 e. The van der Waals surface area contributed by atoms with Crippen molar-refractivity contribution in [3.63, 3.8) is 0 Å². The second-order valence-corrected chi connectivity index (χ2v) is 7.95. The number of benzene rings is 1. The Balaban J connectivity index is 1.29. The molecule has 3 aliphatic heterocycles. The normalized spacial score (nSPS) is 20.9. The first-order valence-electron chi connectivity index (χ1n) is 10.3. The van der Waals surface area contributed by atoms with Crippen LogP contribution in [0.4, 0.5) is 5.69 Å². The number of hydrogen-bond acceptors (Lipinski definition) is 4. The quantitative estimate of drug-likeness (QED) is 0.865. The molecule has 3 aliphatic rings. The van der Waals surface area contributed by atoms with Crippen molar-refractivity contribution in [2.75, 3.05) is 44.6 Å². The Morgan fingerprint density at radius 1 is 1.15 bits per heavy atom. The van der Waals surface area contributed by atoms with Gasteiger partial charge in [0.1, 0.15) is 0 Å². The van der Waals surface area contributed by atoms with Gasteiger partial charge in [0.25, 0.3) is 11.8 Å². The fraction of sp³-hybridized carbons (Fsp3) is 0.619. The molecule has 2 amide bonds. The van der Waals surface area contributed by atoms with Crippen molar-refractivity contribution in [1.29, 1.82) is 0 Å². The number of rotatable bonds is 5. The molecule has 3 heterocycles. The summed E-state index contributed by atoms with van der Waals surface area (Å²) < 4.78 is 5.54. The molecule has 27 heavy (non-hydrogen) atoms. The van der Waals surface area contributed by atoms with E-state index in [-0.39, 0.29) is 18.4 Å². The number of likely N-dealkylation sites (tertiary alicyclic amines) is 2. The zero-order valence-electron chi connectivity index (χ0n) is 15.9. The molecule has 0 bridgehead atoms. The number of carbonyl (C=O) groups excluding carboxylic acids is 2. The monoisotopic (exact) mass is 371 g/mol. The first-order chi connectivity index (χ1) is 13.2. The maximum absolute atomic E-state index is 13.0. The summed E-state index contributed by atoms with van der Waals surface area (Å²) in [6.45, 7) is 5.37. The van der Waals surface area contributed by atoms with Crippen LogP contribution < -0.4 is 10.1 Å². The van der Waals surface area contributed by atoms with Crippen molar-refractivity contribution in [2.45, 2.75) is 38.5 Å². The molecule has 2 fully saturated rings. The number of anilines is 1. The van der Waals surface area contributed by atoms with Crippen LogP contribution in [-0.2, 0) is 4.79 Å². The van der Waals surface area contributed by atoms with Gasteiger partial charge in [0.05, 0.1) is 11.3 Å². The van der Waals surface area contributed by atoms with E-state index in [2.05, 4.69) is 10.2 Å². The number of nitrogens with one attached hydrogen (secondary N) is 1. The van der Waals surface area contributed by atoms with Gasteiger partial charge in [-0.2, -0.15) is 0 Å². The molecular weight excluding hydrogens is 342 g/mol. The van der Waals surface area contributed by atoms with Gasteiger partial charge in [0, 0.05) is 13.1 Å². The second kappa shape index (κ2) is 8.30. The summed E-state index contributed by atoms with van der Waals surface area (Å²) in [4.78, 5) is 29.0. The van der Waals surface area contributed by atoms with Gasteiger partial charge in [0.15, 0.2) is 12.4 Å². The van der Waals surface area contributed by atoms with Crippen LogP contribution in [0.1, 0.15) is 48.9 Å². The molecule has 0 spiro atoms. The van der Waals surface area contributed by atoms with E-state index in [1.165, 1.54) is 45.3 Å². The van der Waals surface area contributed by atoms with Crippen LogP contribution in [0.3, 0.4) is 0 Å². The predicted octanol–water partition coefficient (Wildman–Crippen LogP) is 2.75. The lowest BCUT2D eigenvalue weighted by molar-refractivity contribution is -0.118. The van der Waals surface area contributed by atoms with E-state index in [1.807, 2.05) is 4.90 Å². The maximum atomic E-state index is 13.0. The van der Waals surface area contributed by atoms with E-state index in [9.17, 15) is 9.59 Å². The first-order valence-corrected chi connectivity index (χ1v) is 10.3. The molecule has 6 nitrogen and oxygen atoms in total. The fourth-order valence-corrected chi connectivity index (χ4v) is 4.49. The SMILES string of the molecule is O=C1COc2c(cccc2C(=O)N2CCC(CCCN3CCCC3)CC2)N1. The van der Waals surface area contributed by atoms with Gasteiger partial charge in [0.2, 0.25) is 0 Å². The third kappa shape index (κ3) is 4.26. The second-order valence-electron chi connectivity index (χ2n) is 7.95. The van der Waals surface area contributed by atoms with Crippen molar-refractivity contribution >= 4 is 17.5 Å². The minimum atomic E-state index is -0.179. The van der Waals surface area contributed by atoms with Crippen LogP contribution in [0.25, 0.3) is 0 Å². The average Bonchev–Trinajstić information content (AvgIpc) is 3.21. The van der Waals surface area contributed by atoms with Crippen LogP contribution >= 0.6 is 0 Å². The molecular formula is C21H29N3O3. The van der Waals surface area contributed by atoms with Crippen molar-refractivity contribution in [2.24, 2.45) is 5.92 Å². The standard InChI is InChI=1S/C21H29N3O3/c25-19-15-27-20-17(6-3-7-18(20)22-19)21(26)24-13-8-16(9-14-24)5-4-12-23-10-1-2-11-23/h3,6-7,16H,1-2,4-5,8-15H2,(H,22,25). The fourth-order valence-electron chi connectivity index (χ4n) is 4.49. The van der Waals surface area contributed by atoms with Crippen LogP contribution in [0, 0.1) is 5.92 Å². The number of hydrogen-bond donors (Lipinski definition) is 1. The Kier molecular flexibility index (Phi) is 5.62. The van der Waals surface area contributed by atoms with Crippen molar-refractivity contribution in [3.05, 3.63) is 23.8 Å². The minimum absolute atomic E-state index is 0.0125. The summed E-state index contributed by atoms with van der Waals surface area (Å²) in [5, 5.41) is 2.77. The highest BCUT2D eigenvalue weighted by molar-refractivity contribution is 6.03. The molecule has 0 aromatic heterocycles. The lowest BCUT2D eigenvalue weighted by atomic mass is 9.91. The van der Waals surface area contributed by atoms with Crippen molar-refractivity contribution in [3.8, 4) is 5.75 Å². The van der Waals surface area contributed by atoms with Crippen LogP contribution in [0.5, 0.6) is 5.75 Å². The van der Waals surface area contributed by atoms with Gasteiger partial charge in [-0.3, -0.25) is 9.59 Å². The third-order valence-electron chi connectivity index (χ3n) is 6.05. The van der Waals surface area contributed by atoms with Crippen LogP contribution in [0.2, 0.25) is 0 Å². The zero-order chi connectivity index (χ0) is 18.6. The predicted molar refractivity (Wildman–Crippen MR) is 104 cm³/mol. The summed E-state index contributed by atoms with van der Waals surface area (Å²) in [6, 6.07) is 5.36. The number of nitrogens with zero attached hydrogens (tertiary/aromatic N) is 2. The van der Waals surface area contributed by atoms with Gasteiger partial charge < -0.3 is 19.9 Å². The number of carbonyl (C=O) groups is 2. The van der Waals surface area contributed by atoms with Crippen LogP contribution in [0.15, 0.2) is 18.2 Å². The summed E-state index contributed by atoms with van der Waals surface area (Å²) >= 11 is 0. The van der Waals surface area contributed by atoms with Gasteiger partial charge in [-0.15, -0.1) is 0 Å². The number of fused-ring (bicyclic) bond motifs is 1. The number of amides is 2. The highest BCUT2D eigenvalue weighted by Crippen LogP contribution is 2.33. The van der Waals surface area contributed by atoms with Gasteiger partial charge >= 0.3 is 0 Å². The minimum Gasteiger partial charge on any atom is -0.481 e. The first kappa shape index (κ1) is 18.3. The maximum Gasteiger partial charge on any atom is 0.262 e. The third-order valence-corrected chi connectivity index (χ3v) is 6.05. The largest absolute Gasteiger partial charge is 0.481 e. The van der Waals surface area contributed by atoms with Crippen LogP contribution in [-0.4, -0.2) is 60.9 Å². The summed E-state index contributed by atoms with van der Waals surface area (Å²) in [7, 11) is 0. The average molecular weight is 371 g/mol. The Bertz CT molecular complexity index is 692. The lowest BCUT2D eigenvalue weighted by Gasteiger charge is -2.33. The Labute approximate surface area is 160 Å². The molecule has 2 saturated heterocycles. The number of para-hydroxylation sites is 1. The molecule has 1 aromatic rings. The number of piperidine rings is 1. The van der Waals surface area contributed by atoms with E-state index in [0.717, 1.165) is 31.8 Å². The molecule has 1 N–H and O–H groups in total. The zero-order valence-corrected chi connectivity index (χ0v) is 15.9. The molecule has 0 saturated carbocycles. The summed E-state index contributed by atoms with van der Waals surface area (Å²) in [5.74, 6) is 1.08. The molecule has 0 aliphatic carbocycles. The highest BCUT2D eigenvalue weighted by Gasteiger charge is 2.28. The Hall–Kier alpha value is -2.08. The highest BCUT2D eigenvalue weighted by atomic mass is 16.5. The van der Waals surface area contributed by atoms with Gasteiger partial charge in [-0.05, 0) is 76.2 Å². The molecule has 0 atom stereocenters. The van der Waals surface area contributed by atoms with E-state index in [1.54, 1.807) is 18.2 Å². The van der Waals surface area contributed by atoms with E-state index in [4.69, 9.17) is 4.74 Å². The summed E-state index contributed by atoms with van der Waals surface area (Å²) in [6.07, 6.45) is 7.43.